The third-order valence-corrected chi connectivity index (χ3v) is 22.9. The molecule has 2 unspecified atom stereocenters. The van der Waals surface area contributed by atoms with Crippen molar-refractivity contribution in [3.8, 4) is 0 Å². The Bertz CT molecular complexity index is 2200. The van der Waals surface area contributed by atoms with Crippen LogP contribution in [0.15, 0.2) is 132 Å². The Hall–Kier alpha value is -3.80. The van der Waals surface area contributed by atoms with Gasteiger partial charge in [0.05, 0.1) is 0 Å². The van der Waals surface area contributed by atoms with E-state index >= 15 is 0 Å². The Morgan fingerprint density at radius 2 is 0.896 bits per heavy atom. The van der Waals surface area contributed by atoms with Gasteiger partial charge in [-0.1, -0.05) is 0 Å². The van der Waals surface area contributed by atoms with Crippen molar-refractivity contribution < 1.29 is 20.3 Å². The van der Waals surface area contributed by atoms with E-state index in [1.165, 1.54) is 66.1 Å². The monoisotopic (exact) mass is 698 g/mol. The van der Waals surface area contributed by atoms with Gasteiger partial charge in [-0.3, -0.25) is 0 Å². The number of hydrogen-bond acceptors (Lipinski definition) is 0. The third kappa shape index (κ3) is 3.98. The number of benzene rings is 6. The first kappa shape index (κ1) is 30.3. The van der Waals surface area contributed by atoms with Crippen LogP contribution in [0.3, 0.4) is 0 Å². The standard InChI is InChI=1S/C45H38.2CH3.Zr/c1-5-29-27-33-19-13-25-39(43(33)41(29)37-23-11-17-31-15-7-9-21-35(31)37)45(3,4)40-26-14-20-34-28-30(6-2)42(44(34)40)38-24-12-18-32-16-8-10-22-36(32)38;;;/h7-28H,5-6H2,1-4H3;2*1H3;. The fraction of sp³-hybridized carbons (Fsp3) is 0.234. The molecule has 3 aliphatic rings. The average Bonchev–Trinajstić information content (AvgIpc) is 3.64. The van der Waals surface area contributed by atoms with E-state index in [-0.39, 0.29) is 5.41 Å². The van der Waals surface area contributed by atoms with Crippen molar-refractivity contribution in [2.24, 2.45) is 0 Å². The normalized spacial score (nSPS) is 20.2. The van der Waals surface area contributed by atoms with Gasteiger partial charge in [-0.15, -0.1) is 0 Å². The minimum absolute atomic E-state index is 0.207. The summed E-state index contributed by atoms with van der Waals surface area (Å²) in [5.41, 5.74) is 18.3. The van der Waals surface area contributed by atoms with Crippen molar-refractivity contribution in [1.82, 2.24) is 0 Å². The van der Waals surface area contributed by atoms with Crippen LogP contribution in [0.4, 0.5) is 0 Å². The van der Waals surface area contributed by atoms with E-state index in [1.807, 2.05) is 0 Å². The van der Waals surface area contributed by atoms with Crippen LogP contribution in [-0.2, 0) is 25.7 Å². The van der Waals surface area contributed by atoms with Crippen molar-refractivity contribution in [3.63, 3.8) is 0 Å². The molecule has 8 bridgehead atoms. The first-order valence-corrected chi connectivity index (χ1v) is 25.7. The summed E-state index contributed by atoms with van der Waals surface area (Å²) in [7, 11) is 0. The van der Waals surface area contributed by atoms with Crippen molar-refractivity contribution >= 4 is 32.7 Å². The quantitative estimate of drug-likeness (QED) is 0.172. The van der Waals surface area contributed by atoms with Crippen LogP contribution in [0, 0.1) is 0 Å². The van der Waals surface area contributed by atoms with Gasteiger partial charge in [0.1, 0.15) is 0 Å². The Labute approximate surface area is 290 Å². The summed E-state index contributed by atoms with van der Waals surface area (Å²) in [6.45, 7) is 9.88. The van der Waals surface area contributed by atoms with E-state index in [0.29, 0.717) is 7.25 Å². The van der Waals surface area contributed by atoms with Crippen molar-refractivity contribution in [1.29, 1.82) is 0 Å². The SMILES string of the molecule is CCC1=C(c2cccc3ccccc23)c2c3cccc2C(C)(C)c2cccc4c2C(c2cccc5ccccc25)=C(CC)[CH]4[Zr]([CH3])([CH3])[CH]13. The van der Waals surface area contributed by atoms with E-state index in [9.17, 15) is 0 Å². The van der Waals surface area contributed by atoms with E-state index < -0.39 is 20.3 Å². The van der Waals surface area contributed by atoms with Gasteiger partial charge in [-0.25, -0.2) is 0 Å². The van der Waals surface area contributed by atoms with Gasteiger partial charge >= 0.3 is 292 Å². The number of allylic oxidation sites excluding steroid dienone is 2. The summed E-state index contributed by atoms with van der Waals surface area (Å²) < 4.78 is 6.62. The second kappa shape index (κ2) is 10.9. The van der Waals surface area contributed by atoms with E-state index in [2.05, 4.69) is 158 Å². The third-order valence-electron chi connectivity index (χ3n) is 12.4. The molecule has 0 radical (unpaired) electrons. The van der Waals surface area contributed by atoms with Crippen LogP contribution >= 0.6 is 0 Å². The summed E-state index contributed by atoms with van der Waals surface area (Å²) >= 11 is -3.21. The molecule has 1 heterocycles. The van der Waals surface area contributed by atoms with Gasteiger partial charge < -0.3 is 0 Å². The molecular weight excluding hydrogens is 656 g/mol. The fourth-order valence-corrected chi connectivity index (χ4v) is 22.6. The van der Waals surface area contributed by atoms with Crippen LogP contribution in [0.1, 0.15) is 92.3 Å². The van der Waals surface area contributed by atoms with Gasteiger partial charge in [0.2, 0.25) is 0 Å². The molecular formula is C47H44Zr. The first-order chi connectivity index (χ1) is 23.3. The number of rotatable bonds is 4. The molecule has 0 aromatic heterocycles. The van der Waals surface area contributed by atoms with Gasteiger partial charge in [-0.2, -0.15) is 0 Å². The van der Waals surface area contributed by atoms with Crippen LogP contribution in [0.25, 0.3) is 32.7 Å². The summed E-state index contributed by atoms with van der Waals surface area (Å²) in [5, 5.41) is 5.41. The van der Waals surface area contributed by atoms with E-state index in [0.717, 1.165) is 12.8 Å². The van der Waals surface area contributed by atoms with Gasteiger partial charge in [0.15, 0.2) is 0 Å². The van der Waals surface area contributed by atoms with Crippen molar-refractivity contribution in [2.45, 2.75) is 62.5 Å². The Morgan fingerprint density at radius 3 is 1.33 bits per heavy atom. The number of hydrogen-bond donors (Lipinski definition) is 0. The van der Waals surface area contributed by atoms with Gasteiger partial charge in [-0.05, 0) is 0 Å². The molecule has 6 aromatic rings. The molecule has 0 nitrogen and oxygen atoms in total. The molecule has 0 amide bonds. The predicted octanol–water partition coefficient (Wildman–Crippen LogP) is 13.1. The molecule has 6 aromatic carbocycles. The minimum atomic E-state index is -3.21. The molecule has 9 rings (SSSR count). The molecule has 48 heavy (non-hydrogen) atoms. The average molecular weight is 700 g/mol. The van der Waals surface area contributed by atoms with Crippen LogP contribution in [-0.4, -0.2) is 0 Å². The van der Waals surface area contributed by atoms with Gasteiger partial charge in [0.25, 0.3) is 0 Å². The second-order valence-electron chi connectivity index (χ2n) is 15.4. The summed E-state index contributed by atoms with van der Waals surface area (Å²) in [5.74, 6) is 0. The Balaban J connectivity index is 1.44. The predicted molar refractivity (Wildman–Crippen MR) is 203 cm³/mol. The summed E-state index contributed by atoms with van der Waals surface area (Å²) in [6.07, 6.45) is 2.16. The zero-order chi connectivity index (χ0) is 32.9. The zero-order valence-electron chi connectivity index (χ0n) is 29.1. The van der Waals surface area contributed by atoms with Crippen LogP contribution in [0.5, 0.6) is 0 Å². The molecule has 1 heteroatoms. The molecule has 236 valence electrons. The maximum atomic E-state index is 2.80. The first-order valence-electron chi connectivity index (χ1n) is 18.0. The maximum absolute atomic E-state index is 3.21. The second-order valence-corrected chi connectivity index (χ2v) is 27.2. The fourth-order valence-electron chi connectivity index (χ4n) is 10.5. The Kier molecular flexibility index (Phi) is 6.85. The summed E-state index contributed by atoms with van der Waals surface area (Å²) in [4.78, 5) is 0. The molecule has 0 spiro atoms. The van der Waals surface area contributed by atoms with Crippen LogP contribution in [0.2, 0.25) is 9.26 Å². The summed E-state index contributed by atoms with van der Waals surface area (Å²) in [6, 6.07) is 46.8. The molecule has 0 saturated heterocycles. The van der Waals surface area contributed by atoms with Crippen molar-refractivity contribution in [3.05, 3.63) is 177 Å². The molecule has 0 fully saturated rings. The molecule has 1 aliphatic heterocycles. The van der Waals surface area contributed by atoms with E-state index in [4.69, 9.17) is 0 Å². The zero-order valence-corrected chi connectivity index (χ0v) is 31.6. The molecule has 0 N–H and O–H groups in total. The molecule has 2 aliphatic carbocycles. The van der Waals surface area contributed by atoms with E-state index in [1.54, 1.807) is 22.3 Å². The van der Waals surface area contributed by atoms with Gasteiger partial charge in [0, 0.05) is 0 Å². The molecule has 0 saturated carbocycles. The van der Waals surface area contributed by atoms with Crippen molar-refractivity contribution in [2.75, 3.05) is 0 Å². The topological polar surface area (TPSA) is 0 Å². The van der Waals surface area contributed by atoms with Crippen LogP contribution < -0.4 is 0 Å². The Morgan fingerprint density at radius 1 is 0.500 bits per heavy atom. The molecule has 2 atom stereocenters. The number of fused-ring (bicyclic) bond motifs is 2.